The highest BCUT2D eigenvalue weighted by molar-refractivity contribution is 4.74. The summed E-state index contributed by atoms with van der Waals surface area (Å²) < 4.78 is 5.35. The molecule has 0 bridgehead atoms. The van der Waals surface area contributed by atoms with Gasteiger partial charge in [-0.05, 0) is 5.92 Å². The molecule has 0 aliphatic heterocycles. The number of hydrogen-bond donors (Lipinski definition) is 1. The summed E-state index contributed by atoms with van der Waals surface area (Å²) in [5.74, 6) is 1.29. The van der Waals surface area contributed by atoms with Crippen LogP contribution in [0.15, 0.2) is 0 Å². The Morgan fingerprint density at radius 3 is 2.92 bits per heavy atom. The summed E-state index contributed by atoms with van der Waals surface area (Å²) in [6, 6.07) is 0. The van der Waals surface area contributed by atoms with Crippen molar-refractivity contribution in [2.45, 2.75) is 20.3 Å². The van der Waals surface area contributed by atoms with Gasteiger partial charge in [-0.25, -0.2) is 0 Å². The number of H-pyrrole nitrogens is 1. The van der Waals surface area contributed by atoms with Crippen molar-refractivity contribution in [1.82, 2.24) is 20.6 Å². The van der Waals surface area contributed by atoms with Crippen LogP contribution in [0.1, 0.15) is 19.7 Å². The van der Waals surface area contributed by atoms with Gasteiger partial charge in [0.05, 0.1) is 6.61 Å². The van der Waals surface area contributed by atoms with E-state index in [-0.39, 0.29) is 0 Å². The van der Waals surface area contributed by atoms with Crippen LogP contribution >= 0.6 is 0 Å². The van der Waals surface area contributed by atoms with Gasteiger partial charge in [0.1, 0.15) is 0 Å². The van der Waals surface area contributed by atoms with Crippen LogP contribution < -0.4 is 0 Å². The Kier molecular flexibility index (Phi) is 3.66. The summed E-state index contributed by atoms with van der Waals surface area (Å²) in [4.78, 5) is 0. The summed E-state index contributed by atoms with van der Waals surface area (Å²) in [7, 11) is 0. The highest BCUT2D eigenvalue weighted by atomic mass is 16.5. The van der Waals surface area contributed by atoms with Crippen molar-refractivity contribution in [2.75, 3.05) is 13.2 Å². The molecule has 0 unspecified atom stereocenters. The average molecular weight is 170 g/mol. The number of aromatic nitrogens is 4. The lowest BCUT2D eigenvalue weighted by Crippen LogP contribution is -2.05. The molecule has 0 atom stereocenters. The quantitative estimate of drug-likeness (QED) is 0.650. The summed E-state index contributed by atoms with van der Waals surface area (Å²) >= 11 is 0. The predicted molar refractivity (Wildman–Crippen MR) is 43.5 cm³/mol. The molecule has 0 spiro atoms. The standard InChI is InChI=1S/C7H14N4O/c1-6(2)5-12-4-3-7-8-10-11-9-7/h6H,3-5H2,1-2H3,(H,8,9,10,11). The van der Waals surface area contributed by atoms with E-state index in [0.29, 0.717) is 18.3 Å². The Hall–Kier alpha value is -0.970. The minimum atomic E-state index is 0.579. The van der Waals surface area contributed by atoms with Gasteiger partial charge >= 0.3 is 0 Å². The molecule has 1 N–H and O–H groups in total. The number of nitrogens with one attached hydrogen (secondary N) is 1. The molecule has 0 radical (unpaired) electrons. The molecule has 1 rings (SSSR count). The molecule has 0 aliphatic rings. The summed E-state index contributed by atoms with van der Waals surface area (Å²) in [5.41, 5.74) is 0. The van der Waals surface area contributed by atoms with Crippen LogP contribution in [0.25, 0.3) is 0 Å². The monoisotopic (exact) mass is 170 g/mol. The molecule has 0 aromatic carbocycles. The average Bonchev–Trinajstić information content (AvgIpc) is 2.49. The van der Waals surface area contributed by atoms with Crippen LogP contribution in [0.2, 0.25) is 0 Å². The summed E-state index contributed by atoms with van der Waals surface area (Å²) in [6.45, 7) is 5.69. The molecule has 1 aromatic heterocycles. The Balaban J connectivity index is 2.04. The van der Waals surface area contributed by atoms with E-state index >= 15 is 0 Å². The van der Waals surface area contributed by atoms with E-state index in [1.165, 1.54) is 0 Å². The van der Waals surface area contributed by atoms with Crippen LogP contribution in [0.5, 0.6) is 0 Å². The molecule has 1 aromatic rings. The van der Waals surface area contributed by atoms with Crippen LogP contribution in [-0.4, -0.2) is 33.8 Å². The first-order chi connectivity index (χ1) is 5.79. The molecule has 0 saturated heterocycles. The zero-order valence-corrected chi connectivity index (χ0v) is 7.45. The van der Waals surface area contributed by atoms with Crippen molar-refractivity contribution >= 4 is 0 Å². The Morgan fingerprint density at radius 2 is 2.33 bits per heavy atom. The second-order valence-electron chi connectivity index (χ2n) is 3.05. The normalized spacial score (nSPS) is 10.9. The lowest BCUT2D eigenvalue weighted by molar-refractivity contribution is 0.111. The van der Waals surface area contributed by atoms with E-state index in [1.54, 1.807) is 0 Å². The maximum absolute atomic E-state index is 5.35. The summed E-state index contributed by atoms with van der Waals surface area (Å²) in [5, 5.41) is 13.4. The van der Waals surface area contributed by atoms with Gasteiger partial charge in [-0.2, -0.15) is 5.21 Å². The van der Waals surface area contributed by atoms with E-state index in [0.717, 1.165) is 13.0 Å². The third-order valence-electron chi connectivity index (χ3n) is 1.31. The van der Waals surface area contributed by atoms with Crippen molar-refractivity contribution in [3.63, 3.8) is 0 Å². The first-order valence-corrected chi connectivity index (χ1v) is 4.09. The van der Waals surface area contributed by atoms with Crippen molar-refractivity contribution in [3.05, 3.63) is 5.82 Å². The van der Waals surface area contributed by atoms with Gasteiger partial charge < -0.3 is 4.74 Å². The van der Waals surface area contributed by atoms with E-state index in [4.69, 9.17) is 4.74 Å². The molecule has 0 amide bonds. The minimum absolute atomic E-state index is 0.579. The highest BCUT2D eigenvalue weighted by Crippen LogP contribution is 1.93. The fraction of sp³-hybridized carbons (Fsp3) is 0.857. The number of tetrazole rings is 1. The van der Waals surface area contributed by atoms with Crippen molar-refractivity contribution < 1.29 is 4.74 Å². The molecule has 12 heavy (non-hydrogen) atoms. The molecule has 0 saturated carbocycles. The zero-order valence-electron chi connectivity index (χ0n) is 7.45. The fourth-order valence-electron chi connectivity index (χ4n) is 0.771. The maximum atomic E-state index is 5.35. The number of rotatable bonds is 5. The third kappa shape index (κ3) is 3.43. The lowest BCUT2D eigenvalue weighted by atomic mass is 10.2. The van der Waals surface area contributed by atoms with Crippen molar-refractivity contribution in [3.8, 4) is 0 Å². The number of aromatic amines is 1. The van der Waals surface area contributed by atoms with Crippen molar-refractivity contribution in [1.29, 1.82) is 0 Å². The van der Waals surface area contributed by atoms with Crippen LogP contribution in [0.3, 0.4) is 0 Å². The zero-order chi connectivity index (χ0) is 8.81. The van der Waals surface area contributed by atoms with Gasteiger partial charge in [-0.3, -0.25) is 0 Å². The SMILES string of the molecule is CC(C)COCCc1nn[nH]n1. The topological polar surface area (TPSA) is 63.7 Å². The minimum Gasteiger partial charge on any atom is -0.381 e. The summed E-state index contributed by atoms with van der Waals surface area (Å²) in [6.07, 6.45) is 0.725. The van der Waals surface area contributed by atoms with E-state index in [9.17, 15) is 0 Å². The van der Waals surface area contributed by atoms with Crippen LogP contribution in [0.4, 0.5) is 0 Å². The molecule has 0 fully saturated rings. The molecule has 5 nitrogen and oxygen atoms in total. The van der Waals surface area contributed by atoms with Crippen LogP contribution in [0, 0.1) is 5.92 Å². The van der Waals surface area contributed by atoms with Crippen molar-refractivity contribution in [2.24, 2.45) is 5.92 Å². The number of ether oxygens (including phenoxy) is 1. The Bertz CT molecular complexity index is 197. The van der Waals surface area contributed by atoms with Gasteiger partial charge in [-0.15, -0.1) is 10.2 Å². The first-order valence-electron chi connectivity index (χ1n) is 4.09. The number of hydrogen-bond acceptors (Lipinski definition) is 4. The lowest BCUT2D eigenvalue weighted by Gasteiger charge is -2.04. The third-order valence-corrected chi connectivity index (χ3v) is 1.31. The first kappa shape index (κ1) is 9.12. The molecule has 0 aliphatic carbocycles. The highest BCUT2D eigenvalue weighted by Gasteiger charge is 1.98. The maximum Gasteiger partial charge on any atom is 0.176 e. The molecule has 68 valence electrons. The molecular formula is C7H14N4O. The Labute approximate surface area is 71.5 Å². The van der Waals surface area contributed by atoms with Gasteiger partial charge in [0, 0.05) is 13.0 Å². The fourth-order valence-corrected chi connectivity index (χ4v) is 0.771. The smallest absolute Gasteiger partial charge is 0.176 e. The largest absolute Gasteiger partial charge is 0.381 e. The second-order valence-corrected chi connectivity index (χ2v) is 3.05. The van der Waals surface area contributed by atoms with Crippen LogP contribution in [-0.2, 0) is 11.2 Å². The van der Waals surface area contributed by atoms with E-state index in [1.807, 2.05) is 0 Å². The van der Waals surface area contributed by atoms with Gasteiger partial charge in [0.15, 0.2) is 5.82 Å². The van der Waals surface area contributed by atoms with E-state index < -0.39 is 0 Å². The second kappa shape index (κ2) is 4.82. The Morgan fingerprint density at radius 1 is 1.50 bits per heavy atom. The van der Waals surface area contributed by atoms with Gasteiger partial charge in [0.25, 0.3) is 0 Å². The molecule has 1 heterocycles. The number of nitrogens with zero attached hydrogens (tertiary/aromatic N) is 3. The molecular weight excluding hydrogens is 156 g/mol. The van der Waals surface area contributed by atoms with E-state index in [2.05, 4.69) is 34.5 Å². The van der Waals surface area contributed by atoms with Gasteiger partial charge in [0.2, 0.25) is 0 Å². The molecule has 5 heteroatoms. The van der Waals surface area contributed by atoms with Gasteiger partial charge in [-0.1, -0.05) is 19.1 Å². The predicted octanol–water partition coefficient (Wildman–Crippen LogP) is 0.415.